The van der Waals surface area contributed by atoms with Gasteiger partial charge in [0.05, 0.1) is 12.0 Å². The molecule has 102 valence electrons. The molecule has 4 heteroatoms. The molecule has 3 rings (SSSR count). The molecule has 0 saturated carbocycles. The number of aliphatic hydroxyl groups excluding tert-OH is 1. The van der Waals surface area contributed by atoms with Crippen molar-refractivity contribution in [1.82, 2.24) is 0 Å². The maximum Gasteiger partial charge on any atom is 0.246 e. The summed E-state index contributed by atoms with van der Waals surface area (Å²) in [6.07, 6.45) is 0.0363. The lowest BCUT2D eigenvalue weighted by Crippen LogP contribution is -2.42. The van der Waals surface area contributed by atoms with Gasteiger partial charge in [-0.2, -0.15) is 0 Å². The quantitative estimate of drug-likeness (QED) is 0.870. The van der Waals surface area contributed by atoms with Crippen molar-refractivity contribution in [2.45, 2.75) is 12.2 Å². The number of ketones is 1. The lowest BCUT2D eigenvalue weighted by Gasteiger charge is -2.37. The summed E-state index contributed by atoms with van der Waals surface area (Å²) in [5.74, 6) is -0.855. The van der Waals surface area contributed by atoms with E-state index in [-0.39, 0.29) is 12.2 Å². The molecule has 0 spiro atoms. The van der Waals surface area contributed by atoms with Crippen molar-refractivity contribution in [3.05, 3.63) is 65.7 Å². The molecular weight excluding hydrogens is 256 g/mol. The van der Waals surface area contributed by atoms with Crippen LogP contribution >= 0.6 is 0 Å². The minimum absolute atomic E-state index is 0.0363. The molecule has 1 N–H and O–H groups in total. The highest BCUT2D eigenvalue weighted by Gasteiger charge is 2.43. The fourth-order valence-corrected chi connectivity index (χ4v) is 2.43. The van der Waals surface area contributed by atoms with Crippen LogP contribution < -0.4 is 4.74 Å². The first-order chi connectivity index (χ1) is 9.75. The van der Waals surface area contributed by atoms with Crippen LogP contribution in [0.3, 0.4) is 0 Å². The van der Waals surface area contributed by atoms with Gasteiger partial charge in [-0.15, -0.1) is 0 Å². The van der Waals surface area contributed by atoms with Crippen LogP contribution in [-0.4, -0.2) is 17.7 Å². The number of rotatable bonds is 3. The van der Waals surface area contributed by atoms with Gasteiger partial charge in [0, 0.05) is 5.56 Å². The van der Waals surface area contributed by atoms with E-state index in [0.29, 0.717) is 16.9 Å². The summed E-state index contributed by atoms with van der Waals surface area (Å²) in [5, 5.41) is 9.17. The lowest BCUT2D eigenvalue weighted by molar-refractivity contribution is -0.229. The maximum absolute atomic E-state index is 12.3. The SMILES string of the molecule is O=C1CC(OCO)(c2ccccc2)Oc2ccccc21. The summed E-state index contributed by atoms with van der Waals surface area (Å²) in [7, 11) is 0. The van der Waals surface area contributed by atoms with Gasteiger partial charge in [-0.1, -0.05) is 42.5 Å². The highest BCUT2D eigenvalue weighted by Crippen LogP contribution is 2.40. The Morgan fingerprint density at radius 3 is 2.55 bits per heavy atom. The number of carbonyl (C=O) groups excluding carboxylic acids is 1. The zero-order chi connectivity index (χ0) is 14.0. The van der Waals surface area contributed by atoms with Crippen LogP contribution in [-0.2, 0) is 10.5 Å². The predicted octanol–water partition coefficient (Wildman–Crippen LogP) is 2.47. The molecule has 0 aromatic heterocycles. The Morgan fingerprint density at radius 2 is 1.80 bits per heavy atom. The normalized spacial score (nSPS) is 21.1. The smallest absolute Gasteiger partial charge is 0.246 e. The average molecular weight is 270 g/mol. The molecule has 0 aliphatic carbocycles. The molecule has 1 aliphatic rings. The van der Waals surface area contributed by atoms with Gasteiger partial charge in [-0.25, -0.2) is 0 Å². The summed E-state index contributed by atoms with van der Waals surface area (Å²) in [6, 6.07) is 16.2. The van der Waals surface area contributed by atoms with Crippen molar-refractivity contribution in [2.75, 3.05) is 6.79 Å². The van der Waals surface area contributed by atoms with Crippen LogP contribution in [0.2, 0.25) is 0 Å². The summed E-state index contributed by atoms with van der Waals surface area (Å²) < 4.78 is 11.3. The molecule has 0 bridgehead atoms. The first-order valence-corrected chi connectivity index (χ1v) is 6.37. The second-order valence-corrected chi connectivity index (χ2v) is 4.59. The van der Waals surface area contributed by atoms with Crippen LogP contribution in [0, 0.1) is 0 Å². The van der Waals surface area contributed by atoms with E-state index < -0.39 is 12.6 Å². The van der Waals surface area contributed by atoms with E-state index in [9.17, 15) is 4.79 Å². The number of ether oxygens (including phenoxy) is 2. The van der Waals surface area contributed by atoms with Gasteiger partial charge in [0.1, 0.15) is 12.5 Å². The number of Topliss-reactive ketones (excluding diaryl/α,β-unsaturated/α-hetero) is 1. The van der Waals surface area contributed by atoms with Crippen LogP contribution in [0.4, 0.5) is 0 Å². The molecule has 2 aromatic carbocycles. The fourth-order valence-electron chi connectivity index (χ4n) is 2.43. The number of fused-ring (bicyclic) bond motifs is 1. The highest BCUT2D eigenvalue weighted by molar-refractivity contribution is 6.00. The Bertz CT molecular complexity index is 623. The van der Waals surface area contributed by atoms with Gasteiger partial charge in [0.15, 0.2) is 5.78 Å². The summed E-state index contributed by atoms with van der Waals surface area (Å²) >= 11 is 0. The largest absolute Gasteiger partial charge is 0.457 e. The molecule has 1 heterocycles. The topological polar surface area (TPSA) is 55.8 Å². The standard InChI is InChI=1S/C16H14O4/c17-11-19-16(12-6-2-1-3-7-12)10-14(18)13-8-4-5-9-15(13)20-16/h1-9,17H,10-11H2. The summed E-state index contributed by atoms with van der Waals surface area (Å²) in [4.78, 5) is 12.3. The van der Waals surface area contributed by atoms with Gasteiger partial charge >= 0.3 is 0 Å². The third-order valence-electron chi connectivity index (χ3n) is 3.37. The van der Waals surface area contributed by atoms with Gasteiger partial charge in [0.25, 0.3) is 0 Å². The Hall–Kier alpha value is -2.17. The zero-order valence-corrected chi connectivity index (χ0v) is 10.8. The van der Waals surface area contributed by atoms with Crippen LogP contribution in [0.25, 0.3) is 0 Å². The van der Waals surface area contributed by atoms with Crippen molar-refractivity contribution in [3.8, 4) is 5.75 Å². The summed E-state index contributed by atoms with van der Waals surface area (Å²) in [5.41, 5.74) is 1.25. The monoisotopic (exact) mass is 270 g/mol. The number of aliphatic hydroxyl groups is 1. The van der Waals surface area contributed by atoms with Gasteiger partial charge in [-0.05, 0) is 12.1 Å². The number of carbonyl (C=O) groups is 1. The van der Waals surface area contributed by atoms with Crippen LogP contribution in [0.1, 0.15) is 22.3 Å². The fraction of sp³-hybridized carbons (Fsp3) is 0.188. The third-order valence-corrected chi connectivity index (χ3v) is 3.37. The minimum atomic E-state index is -1.26. The van der Waals surface area contributed by atoms with E-state index in [1.165, 1.54) is 0 Å². The molecule has 20 heavy (non-hydrogen) atoms. The van der Waals surface area contributed by atoms with Crippen molar-refractivity contribution in [2.24, 2.45) is 0 Å². The van der Waals surface area contributed by atoms with Crippen LogP contribution in [0.15, 0.2) is 54.6 Å². The van der Waals surface area contributed by atoms with E-state index in [2.05, 4.69) is 0 Å². The van der Waals surface area contributed by atoms with Crippen molar-refractivity contribution in [3.63, 3.8) is 0 Å². The zero-order valence-electron chi connectivity index (χ0n) is 10.8. The Labute approximate surface area is 116 Å². The number of hydrogen-bond donors (Lipinski definition) is 1. The summed E-state index contributed by atoms with van der Waals surface area (Å²) in [6.45, 7) is -0.523. The molecule has 1 atom stereocenters. The Kier molecular flexibility index (Phi) is 3.26. The number of hydrogen-bond acceptors (Lipinski definition) is 4. The molecule has 0 fully saturated rings. The van der Waals surface area contributed by atoms with Crippen molar-refractivity contribution < 1.29 is 19.4 Å². The average Bonchev–Trinajstić information content (AvgIpc) is 2.48. The third kappa shape index (κ3) is 2.09. The van der Waals surface area contributed by atoms with E-state index in [4.69, 9.17) is 14.6 Å². The Balaban J connectivity index is 2.08. The minimum Gasteiger partial charge on any atom is -0.457 e. The maximum atomic E-state index is 12.3. The van der Waals surface area contributed by atoms with Crippen molar-refractivity contribution >= 4 is 5.78 Å². The molecule has 0 saturated heterocycles. The molecule has 2 aromatic rings. The van der Waals surface area contributed by atoms with E-state index >= 15 is 0 Å². The first-order valence-electron chi connectivity index (χ1n) is 6.37. The van der Waals surface area contributed by atoms with Crippen LogP contribution in [0.5, 0.6) is 5.75 Å². The number of para-hydroxylation sites is 1. The van der Waals surface area contributed by atoms with E-state index in [1.807, 2.05) is 30.3 Å². The molecule has 1 aliphatic heterocycles. The van der Waals surface area contributed by atoms with E-state index in [1.54, 1.807) is 24.3 Å². The highest BCUT2D eigenvalue weighted by atomic mass is 16.7. The van der Waals surface area contributed by atoms with Gasteiger partial charge in [-0.3, -0.25) is 4.79 Å². The molecular formula is C16H14O4. The molecule has 0 radical (unpaired) electrons. The predicted molar refractivity (Wildman–Crippen MR) is 72.3 cm³/mol. The van der Waals surface area contributed by atoms with Crippen molar-refractivity contribution in [1.29, 1.82) is 0 Å². The van der Waals surface area contributed by atoms with Gasteiger partial charge < -0.3 is 14.6 Å². The van der Waals surface area contributed by atoms with Gasteiger partial charge in [0.2, 0.25) is 5.79 Å². The Morgan fingerprint density at radius 1 is 1.10 bits per heavy atom. The molecule has 4 nitrogen and oxygen atoms in total. The molecule has 1 unspecified atom stereocenters. The molecule has 0 amide bonds. The van der Waals surface area contributed by atoms with E-state index in [0.717, 1.165) is 0 Å². The second kappa shape index (κ2) is 5.07. The first kappa shape index (κ1) is 12.8. The second-order valence-electron chi connectivity index (χ2n) is 4.59. The lowest BCUT2D eigenvalue weighted by atomic mass is 9.93. The number of benzene rings is 2.